The molecule has 0 heterocycles. The fourth-order valence-corrected chi connectivity index (χ4v) is 7.87. The van der Waals surface area contributed by atoms with Crippen LogP contribution in [0.3, 0.4) is 0 Å². The summed E-state index contributed by atoms with van der Waals surface area (Å²) in [7, 11) is 0. The Balaban J connectivity index is 3.51. The second kappa shape index (κ2) is 57.9. The summed E-state index contributed by atoms with van der Waals surface area (Å²) in [4.78, 5) is 24.5. The predicted molar refractivity (Wildman–Crippen MR) is 297 cm³/mol. The summed E-state index contributed by atoms with van der Waals surface area (Å²) in [5.41, 5.74) is 0. The van der Waals surface area contributed by atoms with Crippen molar-refractivity contribution in [3.05, 3.63) is 109 Å². The van der Waals surface area contributed by atoms with Crippen molar-refractivity contribution in [3.63, 3.8) is 0 Å². The van der Waals surface area contributed by atoms with Crippen LogP contribution in [0, 0.1) is 0 Å². The van der Waals surface area contributed by atoms with Gasteiger partial charge in [-0.25, -0.2) is 0 Å². The molecule has 0 aliphatic rings. The van der Waals surface area contributed by atoms with Gasteiger partial charge in [0.1, 0.15) is 6.61 Å². The Morgan fingerprint density at radius 1 is 0.338 bits per heavy atom. The minimum absolute atomic E-state index is 0.0714. The van der Waals surface area contributed by atoms with Crippen molar-refractivity contribution in [2.45, 2.75) is 264 Å². The van der Waals surface area contributed by atoms with Gasteiger partial charge in [0.15, 0.2) is 6.10 Å². The SMILES string of the molecule is CC/C=C\C/C=C\C/C=C\C/C=C\C/C=C\CCCCCCCCCCCCCC(=O)OC(CO)COC(=O)CCCCCCCCCCCCCCCC/C=C\C/C=C\C/C=C\C/C=C\CC. The Morgan fingerprint density at radius 3 is 0.882 bits per heavy atom. The molecule has 68 heavy (non-hydrogen) atoms. The molecule has 1 unspecified atom stereocenters. The van der Waals surface area contributed by atoms with E-state index in [1.165, 1.54) is 135 Å². The van der Waals surface area contributed by atoms with Crippen LogP contribution in [-0.4, -0.2) is 36.4 Å². The Labute approximate surface area is 421 Å². The molecule has 0 aromatic carbocycles. The van der Waals surface area contributed by atoms with Crippen LogP contribution in [0.15, 0.2) is 109 Å². The number of hydrogen-bond acceptors (Lipinski definition) is 5. The van der Waals surface area contributed by atoms with E-state index < -0.39 is 6.10 Å². The maximum absolute atomic E-state index is 12.3. The molecule has 0 saturated heterocycles. The van der Waals surface area contributed by atoms with E-state index in [1.807, 2.05) is 0 Å². The van der Waals surface area contributed by atoms with Crippen LogP contribution in [0.25, 0.3) is 0 Å². The molecule has 0 aromatic heterocycles. The first-order valence-electron chi connectivity index (χ1n) is 28.4. The zero-order valence-corrected chi connectivity index (χ0v) is 44.3. The molecule has 1 N–H and O–H groups in total. The third kappa shape index (κ3) is 55.2. The van der Waals surface area contributed by atoms with Gasteiger partial charge in [0.2, 0.25) is 0 Å². The normalized spacial score (nSPS) is 13.0. The molecule has 0 saturated carbocycles. The van der Waals surface area contributed by atoms with Crippen LogP contribution < -0.4 is 0 Å². The number of ether oxygens (including phenoxy) is 2. The number of esters is 2. The second-order valence-electron chi connectivity index (χ2n) is 18.6. The molecule has 0 spiro atoms. The average molecular weight is 944 g/mol. The number of aliphatic hydroxyl groups is 1. The van der Waals surface area contributed by atoms with E-state index in [2.05, 4.69) is 123 Å². The summed E-state index contributed by atoms with van der Waals surface area (Å²) in [5, 5.41) is 9.66. The maximum atomic E-state index is 12.3. The lowest BCUT2D eigenvalue weighted by molar-refractivity contribution is -0.161. The Kier molecular flexibility index (Phi) is 54.9. The maximum Gasteiger partial charge on any atom is 0.306 e. The van der Waals surface area contributed by atoms with Crippen molar-refractivity contribution in [2.75, 3.05) is 13.2 Å². The Bertz CT molecular complexity index is 1340. The van der Waals surface area contributed by atoms with Gasteiger partial charge in [-0.2, -0.15) is 0 Å². The molecule has 0 fully saturated rings. The molecule has 388 valence electrons. The van der Waals surface area contributed by atoms with E-state index in [4.69, 9.17) is 9.47 Å². The third-order valence-electron chi connectivity index (χ3n) is 12.1. The second-order valence-corrected chi connectivity index (χ2v) is 18.6. The van der Waals surface area contributed by atoms with Gasteiger partial charge < -0.3 is 14.6 Å². The van der Waals surface area contributed by atoms with Crippen molar-refractivity contribution < 1.29 is 24.2 Å². The van der Waals surface area contributed by atoms with E-state index in [0.717, 1.165) is 96.3 Å². The molecule has 5 nitrogen and oxygen atoms in total. The van der Waals surface area contributed by atoms with Crippen molar-refractivity contribution in [2.24, 2.45) is 0 Å². The van der Waals surface area contributed by atoms with E-state index in [9.17, 15) is 14.7 Å². The molecular weight excluding hydrogens is 837 g/mol. The first-order chi connectivity index (χ1) is 33.6. The fraction of sp³-hybridized carbons (Fsp3) is 0.683. The summed E-state index contributed by atoms with van der Waals surface area (Å²) >= 11 is 0. The Hall–Kier alpha value is -3.44. The van der Waals surface area contributed by atoms with E-state index >= 15 is 0 Å². The number of allylic oxidation sites excluding steroid dienone is 18. The smallest absolute Gasteiger partial charge is 0.306 e. The van der Waals surface area contributed by atoms with Crippen LogP contribution in [0.1, 0.15) is 258 Å². The summed E-state index contributed by atoms with van der Waals surface area (Å²) in [6, 6.07) is 0. The van der Waals surface area contributed by atoms with Gasteiger partial charge in [-0.1, -0.05) is 258 Å². The van der Waals surface area contributed by atoms with E-state index in [-0.39, 0.29) is 25.2 Å². The lowest BCUT2D eigenvalue weighted by atomic mass is 10.0. The van der Waals surface area contributed by atoms with Crippen LogP contribution in [0.2, 0.25) is 0 Å². The fourth-order valence-electron chi connectivity index (χ4n) is 7.87. The van der Waals surface area contributed by atoms with E-state index in [1.54, 1.807) is 0 Å². The molecule has 0 rings (SSSR count). The zero-order valence-electron chi connectivity index (χ0n) is 44.3. The van der Waals surface area contributed by atoms with Crippen molar-refractivity contribution >= 4 is 11.9 Å². The third-order valence-corrected chi connectivity index (χ3v) is 12.1. The molecule has 1 atom stereocenters. The van der Waals surface area contributed by atoms with Gasteiger partial charge >= 0.3 is 11.9 Å². The number of carbonyl (C=O) groups is 2. The Morgan fingerprint density at radius 2 is 0.588 bits per heavy atom. The quantitative estimate of drug-likeness (QED) is 0.0374. The summed E-state index contributed by atoms with van der Waals surface area (Å²) in [6.07, 6.45) is 83.4. The van der Waals surface area contributed by atoms with Gasteiger partial charge in [-0.15, -0.1) is 0 Å². The minimum Gasteiger partial charge on any atom is -0.462 e. The van der Waals surface area contributed by atoms with Gasteiger partial charge in [0.25, 0.3) is 0 Å². The van der Waals surface area contributed by atoms with Crippen LogP contribution in [-0.2, 0) is 19.1 Å². The van der Waals surface area contributed by atoms with Crippen molar-refractivity contribution in [3.8, 4) is 0 Å². The summed E-state index contributed by atoms with van der Waals surface area (Å²) in [5.74, 6) is -0.594. The summed E-state index contributed by atoms with van der Waals surface area (Å²) < 4.78 is 10.7. The van der Waals surface area contributed by atoms with Crippen LogP contribution >= 0.6 is 0 Å². The van der Waals surface area contributed by atoms with Crippen LogP contribution in [0.5, 0.6) is 0 Å². The highest BCUT2D eigenvalue weighted by Crippen LogP contribution is 2.16. The molecule has 0 amide bonds. The van der Waals surface area contributed by atoms with Gasteiger partial charge in [0, 0.05) is 12.8 Å². The lowest BCUT2D eigenvalue weighted by Gasteiger charge is -2.15. The molecule has 0 bridgehead atoms. The standard InChI is InChI=1S/C63H106O5/c1-3-5-7-9-11-13-15-17-19-21-23-25-27-29-31-33-35-37-39-41-43-45-47-49-51-53-55-57-62(65)67-60-61(59-64)68-63(66)58-56-54-52-50-48-46-44-42-40-38-36-34-32-30-28-26-24-22-20-18-16-14-12-10-8-6-4-2/h5-8,11-14,17-20,23-26,30,32,61,64H,3-4,9-10,15-16,21-22,27-29,31,33-60H2,1-2H3/b7-5-,8-6-,13-11-,14-12-,19-17-,20-18-,25-23-,26-24-,32-30-. The average Bonchev–Trinajstić information content (AvgIpc) is 3.34. The molecule has 0 aliphatic carbocycles. The number of carbonyl (C=O) groups excluding carboxylic acids is 2. The number of hydrogen-bond donors (Lipinski definition) is 1. The topological polar surface area (TPSA) is 72.8 Å². The first-order valence-corrected chi connectivity index (χ1v) is 28.4. The van der Waals surface area contributed by atoms with Crippen molar-refractivity contribution in [1.82, 2.24) is 0 Å². The van der Waals surface area contributed by atoms with Gasteiger partial charge in [-0.3, -0.25) is 9.59 Å². The molecular formula is C63H106O5. The largest absolute Gasteiger partial charge is 0.462 e. The van der Waals surface area contributed by atoms with Gasteiger partial charge in [0.05, 0.1) is 6.61 Å². The highest BCUT2D eigenvalue weighted by Gasteiger charge is 2.16. The van der Waals surface area contributed by atoms with Crippen molar-refractivity contribution in [1.29, 1.82) is 0 Å². The minimum atomic E-state index is -0.781. The van der Waals surface area contributed by atoms with Gasteiger partial charge in [-0.05, 0) is 96.3 Å². The van der Waals surface area contributed by atoms with E-state index in [0.29, 0.717) is 12.8 Å². The molecule has 5 heteroatoms. The highest BCUT2D eigenvalue weighted by atomic mass is 16.6. The highest BCUT2D eigenvalue weighted by molar-refractivity contribution is 5.70. The lowest BCUT2D eigenvalue weighted by Crippen LogP contribution is -2.28. The first kappa shape index (κ1) is 64.6. The number of aliphatic hydroxyl groups excluding tert-OH is 1. The zero-order chi connectivity index (χ0) is 49.2. The predicted octanol–water partition coefficient (Wildman–Crippen LogP) is 19.3. The number of unbranched alkanes of at least 4 members (excludes halogenated alkanes) is 25. The molecule has 0 aliphatic heterocycles. The monoisotopic (exact) mass is 943 g/mol. The number of rotatable bonds is 51. The van der Waals surface area contributed by atoms with Crippen LogP contribution in [0.4, 0.5) is 0 Å². The summed E-state index contributed by atoms with van der Waals surface area (Å²) in [6.45, 7) is 3.93. The molecule has 0 aromatic rings. The molecule has 0 radical (unpaired) electrons.